The van der Waals surface area contributed by atoms with Crippen LogP contribution in [0.25, 0.3) is 0 Å². The maximum atomic E-state index is 12.4. The Morgan fingerprint density at radius 3 is 2.72 bits per heavy atom. The van der Waals surface area contributed by atoms with Crippen LogP contribution in [0.2, 0.25) is 0 Å². The lowest BCUT2D eigenvalue weighted by molar-refractivity contribution is -0.118. The first-order valence-electron chi connectivity index (χ1n) is 9.01. The van der Waals surface area contributed by atoms with Crippen LogP contribution in [-0.4, -0.2) is 40.3 Å². The van der Waals surface area contributed by atoms with Gasteiger partial charge in [-0.2, -0.15) is 0 Å². The van der Waals surface area contributed by atoms with Crippen LogP contribution in [0, 0.1) is 6.92 Å². The molecule has 1 amide bonds. The first kappa shape index (κ1) is 20.7. The van der Waals surface area contributed by atoms with Gasteiger partial charge in [-0.15, -0.1) is 0 Å². The van der Waals surface area contributed by atoms with Crippen LogP contribution in [0.3, 0.4) is 0 Å². The molecule has 0 saturated carbocycles. The van der Waals surface area contributed by atoms with Crippen molar-refractivity contribution in [3.05, 3.63) is 46.5 Å². The van der Waals surface area contributed by atoms with Gasteiger partial charge in [0.05, 0.1) is 18.6 Å². The Labute approximate surface area is 168 Å². The molecule has 0 spiro atoms. The van der Waals surface area contributed by atoms with Gasteiger partial charge < -0.3 is 19.2 Å². The van der Waals surface area contributed by atoms with Crippen LogP contribution in [0.5, 0.6) is 11.5 Å². The second-order valence-electron chi connectivity index (χ2n) is 6.54. The predicted molar refractivity (Wildman–Crippen MR) is 107 cm³/mol. The molecular formula is C19H22N2O7S. The van der Waals surface area contributed by atoms with E-state index >= 15 is 0 Å². The molecule has 0 bridgehead atoms. The number of nitrogens with zero attached hydrogens (tertiary/aromatic N) is 1. The van der Waals surface area contributed by atoms with E-state index in [0.717, 1.165) is 12.7 Å². The fourth-order valence-corrected chi connectivity index (χ4v) is 4.60. The molecule has 3 rings (SSSR count). The van der Waals surface area contributed by atoms with E-state index in [1.54, 1.807) is 25.1 Å². The molecule has 0 radical (unpaired) electrons. The summed E-state index contributed by atoms with van der Waals surface area (Å²) in [4.78, 5) is 24.0. The highest BCUT2D eigenvalue weighted by Gasteiger charge is 2.28. The van der Waals surface area contributed by atoms with Crippen LogP contribution in [-0.2, 0) is 14.8 Å². The third-order valence-electron chi connectivity index (χ3n) is 4.37. The number of benzene rings is 1. The topological polar surface area (TPSA) is 115 Å². The Morgan fingerprint density at radius 2 is 2.03 bits per heavy atom. The van der Waals surface area contributed by atoms with E-state index in [4.69, 9.17) is 13.9 Å². The fourth-order valence-electron chi connectivity index (χ4n) is 2.96. The predicted octanol–water partition coefficient (Wildman–Crippen LogP) is 1.90. The van der Waals surface area contributed by atoms with Gasteiger partial charge in [0.25, 0.3) is 5.91 Å². The fraction of sp³-hybridized carbons (Fsp3) is 0.368. The van der Waals surface area contributed by atoms with Crippen molar-refractivity contribution in [3.63, 3.8) is 0 Å². The van der Waals surface area contributed by atoms with Crippen molar-refractivity contribution < 1.29 is 27.1 Å². The molecule has 2 heterocycles. The Morgan fingerprint density at radius 1 is 1.24 bits per heavy atom. The molecule has 1 aromatic carbocycles. The molecule has 29 heavy (non-hydrogen) atoms. The van der Waals surface area contributed by atoms with Crippen LogP contribution >= 0.6 is 0 Å². The molecule has 1 aromatic heterocycles. The van der Waals surface area contributed by atoms with E-state index in [2.05, 4.69) is 5.32 Å². The van der Waals surface area contributed by atoms with Crippen LogP contribution in [0.15, 0.2) is 39.7 Å². The highest BCUT2D eigenvalue weighted by molar-refractivity contribution is 7.92. The summed E-state index contributed by atoms with van der Waals surface area (Å²) in [5.74, 6) is 0.315. The number of hydrogen-bond acceptors (Lipinski definition) is 7. The Bertz CT molecular complexity index is 1060. The zero-order valence-electron chi connectivity index (χ0n) is 16.1. The molecule has 0 atom stereocenters. The summed E-state index contributed by atoms with van der Waals surface area (Å²) in [6, 6.07) is 5.99. The number of methoxy groups -OCH3 is 1. The lowest BCUT2D eigenvalue weighted by Gasteiger charge is -2.29. The van der Waals surface area contributed by atoms with Gasteiger partial charge >= 0.3 is 0 Å². The third kappa shape index (κ3) is 4.89. The van der Waals surface area contributed by atoms with E-state index in [9.17, 15) is 18.0 Å². The minimum Gasteiger partial charge on any atom is -0.495 e. The van der Waals surface area contributed by atoms with Crippen molar-refractivity contribution in [1.82, 2.24) is 0 Å². The zero-order chi connectivity index (χ0) is 21.0. The lowest BCUT2D eigenvalue weighted by atomic mass is 10.2. The van der Waals surface area contributed by atoms with E-state index in [0.29, 0.717) is 35.9 Å². The maximum Gasteiger partial charge on any atom is 0.262 e. The number of sulfonamides is 1. The van der Waals surface area contributed by atoms with Crippen molar-refractivity contribution in [1.29, 1.82) is 0 Å². The summed E-state index contributed by atoms with van der Waals surface area (Å²) in [6.07, 6.45) is 2.51. The van der Waals surface area contributed by atoms with Crippen LogP contribution < -0.4 is 24.5 Å². The summed E-state index contributed by atoms with van der Waals surface area (Å²) in [7, 11) is -1.99. The third-order valence-corrected chi connectivity index (χ3v) is 6.22. The molecule has 0 unspecified atom stereocenters. The first-order chi connectivity index (χ1) is 13.8. The maximum absolute atomic E-state index is 12.4. The van der Waals surface area contributed by atoms with Crippen LogP contribution in [0.4, 0.5) is 11.4 Å². The van der Waals surface area contributed by atoms with Crippen molar-refractivity contribution >= 4 is 27.3 Å². The molecule has 1 aliphatic rings. The second kappa shape index (κ2) is 8.56. The summed E-state index contributed by atoms with van der Waals surface area (Å²) < 4.78 is 41.7. The van der Waals surface area contributed by atoms with E-state index in [-0.39, 0.29) is 16.9 Å². The minimum atomic E-state index is -3.44. The molecule has 1 fully saturated rings. The van der Waals surface area contributed by atoms with Crippen molar-refractivity contribution in [2.75, 3.05) is 35.6 Å². The Balaban J connectivity index is 1.74. The van der Waals surface area contributed by atoms with Gasteiger partial charge in [0.1, 0.15) is 17.8 Å². The van der Waals surface area contributed by atoms with Gasteiger partial charge in [-0.3, -0.25) is 13.9 Å². The van der Waals surface area contributed by atoms with E-state index in [1.165, 1.54) is 17.5 Å². The Kier molecular flexibility index (Phi) is 6.12. The molecule has 9 nitrogen and oxygen atoms in total. The number of rotatable bonds is 6. The molecule has 1 saturated heterocycles. The van der Waals surface area contributed by atoms with E-state index < -0.39 is 22.5 Å². The van der Waals surface area contributed by atoms with Crippen molar-refractivity contribution in [2.24, 2.45) is 0 Å². The monoisotopic (exact) mass is 422 g/mol. The number of anilines is 2. The number of aryl methyl sites for hydroxylation is 1. The normalized spacial score (nSPS) is 15.6. The number of hydrogen-bond donors (Lipinski definition) is 1. The van der Waals surface area contributed by atoms with Gasteiger partial charge in [0, 0.05) is 18.3 Å². The molecular weight excluding hydrogens is 400 g/mol. The van der Waals surface area contributed by atoms with Gasteiger partial charge in [-0.05, 0) is 38.0 Å². The summed E-state index contributed by atoms with van der Waals surface area (Å²) >= 11 is 0. The largest absolute Gasteiger partial charge is 0.495 e. The quantitative estimate of drug-likeness (QED) is 0.756. The SMILES string of the molecule is COc1ccc(NC(=O)COc2coc(C)cc2=O)cc1N1CCCCS1(=O)=O. The van der Waals surface area contributed by atoms with Gasteiger partial charge in [-0.25, -0.2) is 8.42 Å². The highest BCUT2D eigenvalue weighted by Crippen LogP contribution is 2.35. The average molecular weight is 422 g/mol. The standard InChI is InChI=1S/C19H22N2O7S/c1-13-9-16(22)18(11-27-13)28-12-19(23)20-14-5-6-17(26-2)15(10-14)21-7-3-4-8-29(21,24)25/h5-6,9-11H,3-4,7-8,12H2,1-2H3,(H,20,23). The van der Waals surface area contributed by atoms with Gasteiger partial charge in [0.2, 0.25) is 21.2 Å². The lowest BCUT2D eigenvalue weighted by Crippen LogP contribution is -2.38. The first-order valence-corrected chi connectivity index (χ1v) is 10.6. The van der Waals surface area contributed by atoms with Gasteiger partial charge in [-0.1, -0.05) is 0 Å². The average Bonchev–Trinajstić information content (AvgIpc) is 2.67. The number of ether oxygens (including phenoxy) is 2. The van der Waals surface area contributed by atoms with E-state index in [1.807, 2.05) is 0 Å². The van der Waals surface area contributed by atoms with Crippen molar-refractivity contribution in [2.45, 2.75) is 19.8 Å². The Hall–Kier alpha value is -3.01. The number of carbonyl (C=O) groups excluding carboxylic acids is 1. The zero-order valence-corrected chi connectivity index (χ0v) is 17.0. The van der Waals surface area contributed by atoms with Gasteiger partial charge in [0.15, 0.2) is 6.61 Å². The number of amides is 1. The smallest absolute Gasteiger partial charge is 0.262 e. The second-order valence-corrected chi connectivity index (χ2v) is 8.55. The molecule has 156 valence electrons. The molecule has 1 N–H and O–H groups in total. The van der Waals surface area contributed by atoms with Crippen LogP contribution in [0.1, 0.15) is 18.6 Å². The summed E-state index contributed by atoms with van der Waals surface area (Å²) in [5.41, 5.74) is 0.361. The molecule has 0 aliphatic carbocycles. The number of carbonyl (C=O) groups is 1. The molecule has 1 aliphatic heterocycles. The minimum absolute atomic E-state index is 0.0689. The number of nitrogens with one attached hydrogen (secondary N) is 1. The molecule has 2 aromatic rings. The van der Waals surface area contributed by atoms with Crippen molar-refractivity contribution in [3.8, 4) is 11.5 Å². The summed E-state index contributed by atoms with van der Waals surface area (Å²) in [5, 5.41) is 2.63. The highest BCUT2D eigenvalue weighted by atomic mass is 32.2. The summed E-state index contributed by atoms with van der Waals surface area (Å²) in [6.45, 7) is 1.57. The molecule has 10 heteroatoms.